The van der Waals surface area contributed by atoms with Crippen LogP contribution in [0.2, 0.25) is 0 Å². The highest BCUT2D eigenvalue weighted by molar-refractivity contribution is 5.92. The average Bonchev–Trinajstić information content (AvgIpc) is 2.53. The summed E-state index contributed by atoms with van der Waals surface area (Å²) in [5.41, 5.74) is 0.922. The van der Waals surface area contributed by atoms with Crippen molar-refractivity contribution in [1.29, 1.82) is 0 Å². The predicted molar refractivity (Wildman–Crippen MR) is 93.5 cm³/mol. The maximum absolute atomic E-state index is 12.4. The fraction of sp³-hybridized carbons (Fsp3) is 0.474. The summed E-state index contributed by atoms with van der Waals surface area (Å²) in [7, 11) is 0. The number of piperidine rings is 1. The summed E-state index contributed by atoms with van der Waals surface area (Å²) in [5, 5.41) is 2.90. The molecule has 5 nitrogen and oxygen atoms in total. The Labute approximate surface area is 143 Å². The van der Waals surface area contributed by atoms with Gasteiger partial charge in [-0.05, 0) is 51.8 Å². The third-order valence-electron chi connectivity index (χ3n) is 3.81. The number of nitrogens with one attached hydrogen (secondary N) is 1. The van der Waals surface area contributed by atoms with Crippen molar-refractivity contribution in [3.05, 3.63) is 29.8 Å². The molecular formula is C19H24N2O3. The van der Waals surface area contributed by atoms with E-state index < -0.39 is 5.60 Å². The van der Waals surface area contributed by atoms with Crippen molar-refractivity contribution >= 4 is 17.7 Å². The molecule has 5 heteroatoms. The van der Waals surface area contributed by atoms with Gasteiger partial charge in [0.25, 0.3) is 0 Å². The highest BCUT2D eigenvalue weighted by Crippen LogP contribution is 2.21. The number of rotatable bonds is 2. The van der Waals surface area contributed by atoms with Gasteiger partial charge >= 0.3 is 6.09 Å². The van der Waals surface area contributed by atoms with E-state index in [-0.39, 0.29) is 17.9 Å². The topological polar surface area (TPSA) is 58.6 Å². The first-order chi connectivity index (χ1) is 11.3. The molecule has 0 aliphatic carbocycles. The zero-order chi connectivity index (χ0) is 17.7. The van der Waals surface area contributed by atoms with Gasteiger partial charge in [-0.25, -0.2) is 4.79 Å². The van der Waals surface area contributed by atoms with Crippen molar-refractivity contribution in [2.24, 2.45) is 5.92 Å². The Morgan fingerprint density at radius 1 is 1.29 bits per heavy atom. The lowest BCUT2D eigenvalue weighted by Crippen LogP contribution is -2.43. The molecule has 0 spiro atoms. The van der Waals surface area contributed by atoms with Gasteiger partial charge in [0.1, 0.15) is 5.60 Å². The molecular weight excluding hydrogens is 304 g/mol. The van der Waals surface area contributed by atoms with Crippen LogP contribution in [0.1, 0.15) is 39.2 Å². The molecule has 0 radical (unpaired) electrons. The lowest BCUT2D eigenvalue weighted by atomic mass is 9.96. The van der Waals surface area contributed by atoms with Crippen LogP contribution in [0.15, 0.2) is 24.3 Å². The number of carbonyl (C=O) groups excluding carboxylic acids is 2. The van der Waals surface area contributed by atoms with E-state index in [1.807, 2.05) is 39.0 Å². The highest BCUT2D eigenvalue weighted by atomic mass is 16.6. The Morgan fingerprint density at radius 2 is 1.96 bits per heavy atom. The Bertz CT molecular complexity index is 647. The second-order valence-electron chi connectivity index (χ2n) is 6.96. The van der Waals surface area contributed by atoms with Gasteiger partial charge in [0.05, 0.1) is 0 Å². The van der Waals surface area contributed by atoms with Crippen LogP contribution < -0.4 is 5.32 Å². The first-order valence-electron chi connectivity index (χ1n) is 8.14. The lowest BCUT2D eigenvalue weighted by Gasteiger charge is -2.32. The average molecular weight is 328 g/mol. The first kappa shape index (κ1) is 17.9. The van der Waals surface area contributed by atoms with E-state index in [1.165, 1.54) is 0 Å². The second kappa shape index (κ2) is 7.39. The molecule has 0 atom stereocenters. The van der Waals surface area contributed by atoms with Crippen LogP contribution in [0.5, 0.6) is 0 Å². The minimum absolute atomic E-state index is 0.0342. The van der Waals surface area contributed by atoms with Crippen LogP contribution in [-0.2, 0) is 9.53 Å². The fourth-order valence-corrected chi connectivity index (χ4v) is 2.58. The number of likely N-dealkylation sites (tertiary alicyclic amines) is 1. The first-order valence-corrected chi connectivity index (χ1v) is 8.14. The third-order valence-corrected chi connectivity index (χ3v) is 3.81. The molecule has 1 saturated heterocycles. The predicted octanol–water partition coefficient (Wildman–Crippen LogP) is 3.25. The van der Waals surface area contributed by atoms with Crippen LogP contribution >= 0.6 is 0 Å². The Morgan fingerprint density at radius 3 is 2.54 bits per heavy atom. The monoisotopic (exact) mass is 328 g/mol. The van der Waals surface area contributed by atoms with Crippen molar-refractivity contribution in [3.8, 4) is 12.3 Å². The molecule has 1 aromatic rings. The summed E-state index contributed by atoms with van der Waals surface area (Å²) >= 11 is 0. The molecule has 2 amide bonds. The molecule has 0 unspecified atom stereocenters. The molecule has 2 rings (SSSR count). The number of anilines is 1. The largest absolute Gasteiger partial charge is 0.444 e. The molecule has 1 aliphatic rings. The summed E-state index contributed by atoms with van der Waals surface area (Å²) < 4.78 is 5.36. The molecule has 1 aromatic carbocycles. The molecule has 0 bridgehead atoms. The Kier molecular flexibility index (Phi) is 5.50. The van der Waals surface area contributed by atoms with E-state index in [1.54, 1.807) is 11.0 Å². The SMILES string of the molecule is C#Cc1cccc(NC(=O)C2CCN(C(=O)OC(C)(C)C)CC2)c1. The number of amides is 2. The van der Waals surface area contributed by atoms with E-state index in [2.05, 4.69) is 11.2 Å². The van der Waals surface area contributed by atoms with Crippen molar-refractivity contribution in [3.63, 3.8) is 0 Å². The van der Waals surface area contributed by atoms with Crippen LogP contribution in [0.4, 0.5) is 10.5 Å². The van der Waals surface area contributed by atoms with Gasteiger partial charge in [0.2, 0.25) is 5.91 Å². The fourth-order valence-electron chi connectivity index (χ4n) is 2.58. The number of ether oxygens (including phenoxy) is 1. The van der Waals surface area contributed by atoms with E-state index in [0.29, 0.717) is 31.6 Å². The smallest absolute Gasteiger partial charge is 0.410 e. The van der Waals surface area contributed by atoms with Gasteiger partial charge in [0.15, 0.2) is 0 Å². The number of benzene rings is 1. The molecule has 24 heavy (non-hydrogen) atoms. The standard InChI is InChI=1S/C19H24N2O3/c1-5-14-7-6-8-16(13-14)20-17(22)15-9-11-21(12-10-15)18(23)24-19(2,3)4/h1,6-8,13,15H,9-12H2,2-4H3,(H,20,22). The number of terminal acetylenes is 1. The van der Waals surface area contributed by atoms with Crippen LogP contribution in [0, 0.1) is 18.3 Å². The maximum Gasteiger partial charge on any atom is 0.410 e. The summed E-state index contributed by atoms with van der Waals surface area (Å²) in [6.07, 6.45) is 6.30. The van der Waals surface area contributed by atoms with Gasteiger partial charge in [-0.3, -0.25) is 4.79 Å². The van der Waals surface area contributed by atoms with Crippen molar-refractivity contribution in [2.75, 3.05) is 18.4 Å². The minimum Gasteiger partial charge on any atom is -0.444 e. The molecule has 0 saturated carbocycles. The number of nitrogens with zero attached hydrogens (tertiary/aromatic N) is 1. The molecule has 1 N–H and O–H groups in total. The molecule has 1 heterocycles. The molecule has 1 aliphatic heterocycles. The molecule has 128 valence electrons. The summed E-state index contributed by atoms with van der Waals surface area (Å²) in [6.45, 7) is 6.58. The normalized spacial score (nSPS) is 15.5. The van der Waals surface area contributed by atoms with Gasteiger partial charge in [-0.1, -0.05) is 12.0 Å². The minimum atomic E-state index is -0.507. The van der Waals surface area contributed by atoms with Crippen molar-refractivity contribution in [2.45, 2.75) is 39.2 Å². The van der Waals surface area contributed by atoms with Gasteiger partial charge in [-0.2, -0.15) is 0 Å². The maximum atomic E-state index is 12.4. The van der Waals surface area contributed by atoms with E-state index >= 15 is 0 Å². The number of hydrogen-bond donors (Lipinski definition) is 1. The Hall–Kier alpha value is -2.48. The number of carbonyl (C=O) groups is 2. The van der Waals surface area contributed by atoms with Gasteiger partial charge in [-0.15, -0.1) is 6.42 Å². The van der Waals surface area contributed by atoms with E-state index in [9.17, 15) is 9.59 Å². The van der Waals surface area contributed by atoms with Gasteiger partial charge < -0.3 is 15.0 Å². The number of hydrogen-bond acceptors (Lipinski definition) is 3. The third kappa shape index (κ3) is 5.02. The summed E-state index contributed by atoms with van der Waals surface area (Å²) in [4.78, 5) is 26.1. The lowest BCUT2D eigenvalue weighted by molar-refractivity contribution is -0.121. The van der Waals surface area contributed by atoms with Crippen LogP contribution in [0.3, 0.4) is 0 Å². The Balaban J connectivity index is 1.86. The van der Waals surface area contributed by atoms with E-state index in [4.69, 9.17) is 11.2 Å². The van der Waals surface area contributed by atoms with Crippen molar-refractivity contribution in [1.82, 2.24) is 4.90 Å². The second-order valence-corrected chi connectivity index (χ2v) is 6.96. The zero-order valence-corrected chi connectivity index (χ0v) is 14.5. The summed E-state index contributed by atoms with van der Waals surface area (Å²) in [5.74, 6) is 2.40. The summed E-state index contributed by atoms with van der Waals surface area (Å²) in [6, 6.07) is 7.22. The van der Waals surface area contributed by atoms with Crippen molar-refractivity contribution < 1.29 is 14.3 Å². The van der Waals surface area contributed by atoms with Crippen LogP contribution in [0.25, 0.3) is 0 Å². The van der Waals surface area contributed by atoms with Crippen LogP contribution in [-0.4, -0.2) is 35.6 Å². The zero-order valence-electron chi connectivity index (χ0n) is 14.5. The van der Waals surface area contributed by atoms with E-state index in [0.717, 1.165) is 5.56 Å². The quantitative estimate of drug-likeness (QED) is 0.848. The molecule has 1 fully saturated rings. The molecule has 0 aromatic heterocycles. The van der Waals surface area contributed by atoms with Gasteiger partial charge in [0, 0.05) is 30.3 Å². The highest BCUT2D eigenvalue weighted by Gasteiger charge is 2.29.